The normalized spacial score (nSPS) is 8.96. The average molecular weight is 334 g/mol. The van der Waals surface area contributed by atoms with E-state index in [2.05, 4.69) is 0 Å². The largest absolute Gasteiger partial charge is 0.503 e. The molecule has 0 fully saturated rings. The van der Waals surface area contributed by atoms with E-state index in [4.69, 9.17) is 24.9 Å². The maximum atomic E-state index is 10.8. The molecule has 0 aliphatic heterocycles. The molecule has 0 heterocycles. The van der Waals surface area contributed by atoms with Gasteiger partial charge in [-0.05, 0) is 18.1 Å². The molecule has 0 spiro atoms. The molecule has 0 bridgehead atoms. The Bertz CT molecular complexity index is 565. The van der Waals surface area contributed by atoms with Crippen LogP contribution in [0.3, 0.4) is 0 Å². The van der Waals surface area contributed by atoms with E-state index in [-0.39, 0.29) is 5.56 Å². The van der Waals surface area contributed by atoms with E-state index in [0.29, 0.717) is 18.3 Å². The summed E-state index contributed by atoms with van der Waals surface area (Å²) in [4.78, 5) is 19.3. The van der Waals surface area contributed by atoms with E-state index >= 15 is 0 Å². The molecule has 6 nitrogen and oxygen atoms in total. The molecule has 0 aliphatic rings. The molecule has 3 N–H and O–H groups in total. The molecule has 0 saturated carbocycles. The minimum Gasteiger partial charge on any atom is -0.492 e. The molecule has 0 amide bonds. The molecule has 130 valence electrons. The first-order chi connectivity index (χ1) is 11.3. The van der Waals surface area contributed by atoms with Crippen molar-refractivity contribution in [3.8, 4) is 5.75 Å². The van der Waals surface area contributed by atoms with Gasteiger partial charge in [0.25, 0.3) is 0 Å². The van der Waals surface area contributed by atoms with Crippen molar-refractivity contribution in [2.45, 2.75) is 13.8 Å². The number of aromatic carboxylic acids is 1. The first-order valence-corrected chi connectivity index (χ1v) is 7.21. The van der Waals surface area contributed by atoms with Crippen molar-refractivity contribution < 1.29 is 29.6 Å². The summed E-state index contributed by atoms with van der Waals surface area (Å²) < 4.78 is 5.38. The van der Waals surface area contributed by atoms with Gasteiger partial charge in [-0.3, -0.25) is 0 Å². The summed E-state index contributed by atoms with van der Waals surface area (Å²) in [5, 5.41) is 22.8. The number of rotatable bonds is 4. The molecule has 2 rings (SSSR count). The van der Waals surface area contributed by atoms with Crippen molar-refractivity contribution in [1.29, 1.82) is 0 Å². The maximum Gasteiger partial charge on any atom is 0.503 e. The Labute approximate surface area is 141 Å². The third-order valence-electron chi connectivity index (χ3n) is 2.36. The van der Waals surface area contributed by atoms with Crippen LogP contribution in [0.4, 0.5) is 4.79 Å². The summed E-state index contributed by atoms with van der Waals surface area (Å²) in [5.74, 6) is -0.130. The van der Waals surface area contributed by atoms with Crippen molar-refractivity contribution in [2.75, 3.05) is 6.61 Å². The van der Waals surface area contributed by atoms with Gasteiger partial charge in [0.05, 0.1) is 6.61 Å². The van der Waals surface area contributed by atoms with Gasteiger partial charge in [-0.25, -0.2) is 9.59 Å². The standard InChI is InChI=1S/C11H14O3.C6H6.CH2O3/c1-8(2)7-14-10-6-4-3-5-9(10)11(12)13;1-2-4-6-5-3-1;2-1(3)4/h3-6,8H,7H2,1-2H3,(H,12,13);1-6H;(H2,2,3,4). The molecule has 0 radical (unpaired) electrons. The molecule has 24 heavy (non-hydrogen) atoms. The number of carboxylic acid groups (broad SMARTS) is 3. The second-order valence-electron chi connectivity index (χ2n) is 4.94. The number of ether oxygens (including phenoxy) is 1. The van der Waals surface area contributed by atoms with E-state index in [9.17, 15) is 4.79 Å². The highest BCUT2D eigenvalue weighted by Gasteiger charge is 2.09. The molecule has 2 aromatic rings. The van der Waals surface area contributed by atoms with Crippen LogP contribution in [0.5, 0.6) is 5.75 Å². The molecule has 2 aromatic carbocycles. The maximum absolute atomic E-state index is 10.8. The van der Waals surface area contributed by atoms with Crippen LogP contribution in [0.1, 0.15) is 24.2 Å². The van der Waals surface area contributed by atoms with Gasteiger partial charge in [0, 0.05) is 0 Å². The third kappa shape index (κ3) is 11.6. The van der Waals surface area contributed by atoms with E-state index in [1.165, 1.54) is 6.07 Å². The molecule has 0 atom stereocenters. The lowest BCUT2D eigenvalue weighted by atomic mass is 10.2. The summed E-state index contributed by atoms with van der Waals surface area (Å²) in [6, 6.07) is 18.7. The molecule has 0 unspecified atom stereocenters. The van der Waals surface area contributed by atoms with Crippen LogP contribution in [0.2, 0.25) is 0 Å². The van der Waals surface area contributed by atoms with E-state index in [1.807, 2.05) is 50.2 Å². The first-order valence-electron chi connectivity index (χ1n) is 7.21. The van der Waals surface area contributed by atoms with Crippen molar-refractivity contribution >= 4 is 12.1 Å². The number of benzene rings is 2. The lowest BCUT2D eigenvalue weighted by molar-refractivity contribution is 0.0691. The van der Waals surface area contributed by atoms with Crippen LogP contribution in [0, 0.1) is 5.92 Å². The van der Waals surface area contributed by atoms with Crippen molar-refractivity contribution in [3.63, 3.8) is 0 Å². The van der Waals surface area contributed by atoms with Gasteiger partial charge in [0.2, 0.25) is 0 Å². The smallest absolute Gasteiger partial charge is 0.492 e. The quantitative estimate of drug-likeness (QED) is 0.769. The number of hydrogen-bond acceptors (Lipinski definition) is 3. The second-order valence-corrected chi connectivity index (χ2v) is 4.94. The Kier molecular flexibility index (Phi) is 10.9. The Hall–Kier alpha value is -3.02. The zero-order valence-corrected chi connectivity index (χ0v) is 13.6. The van der Waals surface area contributed by atoms with Crippen LogP contribution in [0.15, 0.2) is 60.7 Å². The van der Waals surface area contributed by atoms with Gasteiger partial charge < -0.3 is 20.1 Å². The highest BCUT2D eigenvalue weighted by Crippen LogP contribution is 2.18. The predicted molar refractivity (Wildman–Crippen MR) is 90.8 cm³/mol. The first kappa shape index (κ1) is 21.0. The van der Waals surface area contributed by atoms with Gasteiger partial charge in [-0.2, -0.15) is 0 Å². The van der Waals surface area contributed by atoms with Gasteiger partial charge in [-0.1, -0.05) is 62.4 Å². The topological polar surface area (TPSA) is 104 Å². The van der Waals surface area contributed by atoms with Crippen LogP contribution < -0.4 is 4.74 Å². The predicted octanol–water partition coefficient (Wildman–Crippen LogP) is 4.33. The third-order valence-corrected chi connectivity index (χ3v) is 2.36. The van der Waals surface area contributed by atoms with E-state index in [0.717, 1.165) is 0 Å². The highest BCUT2D eigenvalue weighted by atomic mass is 16.6. The fourth-order valence-corrected chi connectivity index (χ4v) is 1.41. The molecular weight excluding hydrogens is 312 g/mol. The van der Waals surface area contributed by atoms with E-state index in [1.54, 1.807) is 18.2 Å². The van der Waals surface area contributed by atoms with Gasteiger partial charge in [0.15, 0.2) is 0 Å². The minimum atomic E-state index is -1.83. The van der Waals surface area contributed by atoms with Gasteiger partial charge >= 0.3 is 12.1 Å². The summed E-state index contributed by atoms with van der Waals surface area (Å²) in [7, 11) is 0. The average Bonchev–Trinajstić information content (AvgIpc) is 2.55. The van der Waals surface area contributed by atoms with Crippen LogP contribution in [-0.2, 0) is 0 Å². The molecule has 0 saturated heterocycles. The van der Waals surface area contributed by atoms with Crippen LogP contribution >= 0.6 is 0 Å². The number of carbonyl (C=O) groups is 2. The van der Waals surface area contributed by atoms with Gasteiger partial charge in [0.1, 0.15) is 11.3 Å². The number of hydrogen-bond donors (Lipinski definition) is 3. The number of para-hydroxylation sites is 1. The number of carboxylic acids is 1. The SMILES string of the molecule is CC(C)COc1ccccc1C(=O)O.O=C(O)O.c1ccccc1. The van der Waals surface area contributed by atoms with Crippen molar-refractivity contribution in [2.24, 2.45) is 5.92 Å². The van der Waals surface area contributed by atoms with Gasteiger partial charge in [-0.15, -0.1) is 0 Å². The van der Waals surface area contributed by atoms with Crippen molar-refractivity contribution in [3.05, 3.63) is 66.2 Å². The fourth-order valence-electron chi connectivity index (χ4n) is 1.41. The lowest BCUT2D eigenvalue weighted by Crippen LogP contribution is -2.08. The molecule has 6 heteroatoms. The lowest BCUT2D eigenvalue weighted by Gasteiger charge is -2.10. The summed E-state index contributed by atoms with van der Waals surface area (Å²) in [5.41, 5.74) is 0.216. The Morgan fingerprint density at radius 1 is 0.875 bits per heavy atom. The molecule has 0 aromatic heterocycles. The van der Waals surface area contributed by atoms with Crippen LogP contribution in [-0.4, -0.2) is 34.1 Å². The minimum absolute atomic E-state index is 0.216. The summed E-state index contributed by atoms with van der Waals surface area (Å²) in [6.45, 7) is 4.57. The molecule has 0 aliphatic carbocycles. The van der Waals surface area contributed by atoms with E-state index < -0.39 is 12.1 Å². The Morgan fingerprint density at radius 2 is 1.29 bits per heavy atom. The Morgan fingerprint density at radius 3 is 1.67 bits per heavy atom. The summed E-state index contributed by atoms with van der Waals surface area (Å²) >= 11 is 0. The zero-order chi connectivity index (χ0) is 18.4. The van der Waals surface area contributed by atoms with Crippen LogP contribution in [0.25, 0.3) is 0 Å². The Balaban J connectivity index is 0.000000433. The highest BCUT2D eigenvalue weighted by molar-refractivity contribution is 5.90. The van der Waals surface area contributed by atoms with Crippen molar-refractivity contribution in [1.82, 2.24) is 0 Å². The fraction of sp³-hybridized carbons (Fsp3) is 0.222. The molecular formula is C18H22O6. The second kappa shape index (κ2) is 12.5. The monoisotopic (exact) mass is 334 g/mol. The summed E-state index contributed by atoms with van der Waals surface area (Å²) in [6.07, 6.45) is -1.83. The zero-order valence-electron chi connectivity index (χ0n) is 13.6.